The van der Waals surface area contributed by atoms with Crippen molar-refractivity contribution < 1.29 is 4.74 Å². The van der Waals surface area contributed by atoms with Gasteiger partial charge in [0.1, 0.15) is 0 Å². The summed E-state index contributed by atoms with van der Waals surface area (Å²) in [6.07, 6.45) is 4.52. The summed E-state index contributed by atoms with van der Waals surface area (Å²) < 4.78 is 5.26. The Morgan fingerprint density at radius 1 is 1.33 bits per heavy atom. The third-order valence-electron chi connectivity index (χ3n) is 1.99. The SMILES string of the molecule is CC(C)/C=C/CN1CCOCC1. The predicted molar refractivity (Wildman–Crippen MR) is 51.2 cm³/mol. The molecule has 0 amide bonds. The average molecular weight is 169 g/mol. The van der Waals surface area contributed by atoms with Gasteiger partial charge in [-0.15, -0.1) is 0 Å². The van der Waals surface area contributed by atoms with E-state index < -0.39 is 0 Å². The second-order valence-electron chi connectivity index (χ2n) is 3.59. The molecule has 0 N–H and O–H groups in total. The molecule has 0 unspecified atom stereocenters. The van der Waals surface area contributed by atoms with E-state index in [9.17, 15) is 0 Å². The van der Waals surface area contributed by atoms with E-state index in [2.05, 4.69) is 30.9 Å². The molecule has 1 heterocycles. The number of rotatable bonds is 3. The molecule has 0 atom stereocenters. The number of hydrogen-bond donors (Lipinski definition) is 0. The Balaban J connectivity index is 2.12. The van der Waals surface area contributed by atoms with Gasteiger partial charge < -0.3 is 4.74 Å². The molecule has 12 heavy (non-hydrogen) atoms. The van der Waals surface area contributed by atoms with Crippen LogP contribution in [0.25, 0.3) is 0 Å². The van der Waals surface area contributed by atoms with Gasteiger partial charge in [-0.25, -0.2) is 0 Å². The smallest absolute Gasteiger partial charge is 0.0594 e. The minimum Gasteiger partial charge on any atom is -0.379 e. The summed E-state index contributed by atoms with van der Waals surface area (Å²) in [5, 5.41) is 0. The van der Waals surface area contributed by atoms with Gasteiger partial charge in [-0.05, 0) is 5.92 Å². The van der Waals surface area contributed by atoms with Crippen LogP contribution in [0.3, 0.4) is 0 Å². The first-order chi connectivity index (χ1) is 5.79. The fraction of sp³-hybridized carbons (Fsp3) is 0.800. The lowest BCUT2D eigenvalue weighted by molar-refractivity contribution is 0.0434. The zero-order chi connectivity index (χ0) is 8.81. The summed E-state index contributed by atoms with van der Waals surface area (Å²) in [7, 11) is 0. The van der Waals surface area contributed by atoms with Crippen molar-refractivity contribution in [3.8, 4) is 0 Å². The van der Waals surface area contributed by atoms with Crippen LogP contribution in [0.2, 0.25) is 0 Å². The number of morpholine rings is 1. The van der Waals surface area contributed by atoms with Gasteiger partial charge in [0.25, 0.3) is 0 Å². The van der Waals surface area contributed by atoms with Crippen LogP contribution >= 0.6 is 0 Å². The fourth-order valence-corrected chi connectivity index (χ4v) is 1.27. The maximum atomic E-state index is 5.26. The Morgan fingerprint density at radius 3 is 2.58 bits per heavy atom. The first kappa shape index (κ1) is 9.75. The molecule has 0 spiro atoms. The molecule has 0 radical (unpaired) electrons. The highest BCUT2D eigenvalue weighted by Crippen LogP contribution is 1.98. The Hall–Kier alpha value is -0.340. The van der Waals surface area contributed by atoms with Gasteiger partial charge in [-0.3, -0.25) is 4.90 Å². The number of nitrogens with zero attached hydrogens (tertiary/aromatic N) is 1. The minimum atomic E-state index is 0.672. The molecule has 2 heteroatoms. The number of hydrogen-bond acceptors (Lipinski definition) is 2. The molecule has 1 saturated heterocycles. The fourth-order valence-electron chi connectivity index (χ4n) is 1.27. The van der Waals surface area contributed by atoms with Gasteiger partial charge >= 0.3 is 0 Å². The van der Waals surface area contributed by atoms with Gasteiger partial charge in [0, 0.05) is 19.6 Å². The van der Waals surface area contributed by atoms with Gasteiger partial charge in [0.2, 0.25) is 0 Å². The van der Waals surface area contributed by atoms with Crippen molar-refractivity contribution in [1.82, 2.24) is 4.90 Å². The van der Waals surface area contributed by atoms with E-state index >= 15 is 0 Å². The maximum absolute atomic E-state index is 5.26. The summed E-state index contributed by atoms with van der Waals surface area (Å²) in [5.74, 6) is 0.672. The molecule has 0 saturated carbocycles. The van der Waals surface area contributed by atoms with Crippen molar-refractivity contribution in [2.75, 3.05) is 32.8 Å². The number of ether oxygens (including phenoxy) is 1. The first-order valence-corrected chi connectivity index (χ1v) is 4.76. The monoisotopic (exact) mass is 169 g/mol. The van der Waals surface area contributed by atoms with E-state index in [1.54, 1.807) is 0 Å². The highest BCUT2D eigenvalue weighted by molar-refractivity contribution is 4.87. The first-order valence-electron chi connectivity index (χ1n) is 4.76. The van der Waals surface area contributed by atoms with Gasteiger partial charge in [0.05, 0.1) is 13.2 Å². The van der Waals surface area contributed by atoms with Crippen LogP contribution in [-0.4, -0.2) is 37.7 Å². The van der Waals surface area contributed by atoms with E-state index in [1.165, 1.54) is 0 Å². The number of allylic oxidation sites excluding steroid dienone is 1. The highest BCUT2D eigenvalue weighted by atomic mass is 16.5. The van der Waals surface area contributed by atoms with Crippen LogP contribution in [-0.2, 0) is 4.74 Å². The van der Waals surface area contributed by atoms with Gasteiger partial charge in [-0.2, -0.15) is 0 Å². The second-order valence-corrected chi connectivity index (χ2v) is 3.59. The Bertz CT molecular complexity index is 137. The van der Waals surface area contributed by atoms with Crippen LogP contribution in [0.4, 0.5) is 0 Å². The summed E-state index contributed by atoms with van der Waals surface area (Å²) in [6.45, 7) is 9.46. The quantitative estimate of drug-likeness (QED) is 0.594. The molecule has 1 aliphatic rings. The standard InChI is InChI=1S/C10H19NO/c1-10(2)4-3-5-11-6-8-12-9-7-11/h3-4,10H,5-9H2,1-2H3/b4-3+. The molecule has 70 valence electrons. The van der Waals surface area contributed by atoms with E-state index in [0.29, 0.717) is 5.92 Å². The average Bonchev–Trinajstić information content (AvgIpc) is 2.05. The molecule has 0 aromatic heterocycles. The molecular formula is C10H19NO. The van der Waals surface area contributed by atoms with Crippen molar-refractivity contribution in [2.24, 2.45) is 5.92 Å². The summed E-state index contributed by atoms with van der Waals surface area (Å²) >= 11 is 0. The van der Waals surface area contributed by atoms with E-state index in [1.807, 2.05) is 0 Å². The van der Waals surface area contributed by atoms with Crippen molar-refractivity contribution >= 4 is 0 Å². The summed E-state index contributed by atoms with van der Waals surface area (Å²) in [4.78, 5) is 2.42. The normalized spacial score (nSPS) is 20.9. The maximum Gasteiger partial charge on any atom is 0.0594 e. The van der Waals surface area contributed by atoms with Crippen LogP contribution in [0, 0.1) is 5.92 Å². The lowest BCUT2D eigenvalue weighted by atomic mass is 10.2. The minimum absolute atomic E-state index is 0.672. The van der Waals surface area contributed by atoms with E-state index in [0.717, 1.165) is 32.8 Å². The summed E-state index contributed by atoms with van der Waals surface area (Å²) in [5.41, 5.74) is 0. The van der Waals surface area contributed by atoms with Crippen LogP contribution in [0.15, 0.2) is 12.2 Å². The molecule has 2 nitrogen and oxygen atoms in total. The molecule has 0 bridgehead atoms. The van der Waals surface area contributed by atoms with Crippen LogP contribution in [0.5, 0.6) is 0 Å². The van der Waals surface area contributed by atoms with Crippen LogP contribution in [0.1, 0.15) is 13.8 Å². The second kappa shape index (κ2) is 5.33. The largest absolute Gasteiger partial charge is 0.379 e. The molecule has 1 rings (SSSR count). The molecular weight excluding hydrogens is 150 g/mol. The molecule has 1 fully saturated rings. The van der Waals surface area contributed by atoms with Crippen molar-refractivity contribution in [3.63, 3.8) is 0 Å². The Morgan fingerprint density at radius 2 is 2.00 bits per heavy atom. The van der Waals surface area contributed by atoms with E-state index in [4.69, 9.17) is 4.74 Å². The lowest BCUT2D eigenvalue weighted by Crippen LogP contribution is -2.36. The van der Waals surface area contributed by atoms with Crippen molar-refractivity contribution in [3.05, 3.63) is 12.2 Å². The molecule has 0 aromatic rings. The highest BCUT2D eigenvalue weighted by Gasteiger charge is 2.07. The van der Waals surface area contributed by atoms with Gasteiger partial charge in [-0.1, -0.05) is 26.0 Å². The third-order valence-corrected chi connectivity index (χ3v) is 1.99. The molecule has 0 aliphatic carbocycles. The van der Waals surface area contributed by atoms with E-state index in [-0.39, 0.29) is 0 Å². The van der Waals surface area contributed by atoms with Gasteiger partial charge in [0.15, 0.2) is 0 Å². The lowest BCUT2D eigenvalue weighted by Gasteiger charge is -2.25. The zero-order valence-corrected chi connectivity index (χ0v) is 8.12. The van der Waals surface area contributed by atoms with Crippen molar-refractivity contribution in [2.45, 2.75) is 13.8 Å². The Kier molecular flexibility index (Phi) is 4.33. The molecule has 0 aromatic carbocycles. The summed E-state index contributed by atoms with van der Waals surface area (Å²) in [6, 6.07) is 0. The van der Waals surface area contributed by atoms with Crippen molar-refractivity contribution in [1.29, 1.82) is 0 Å². The Labute approximate surface area is 75.2 Å². The topological polar surface area (TPSA) is 12.5 Å². The predicted octanol–water partition coefficient (Wildman–Crippen LogP) is 1.53. The third kappa shape index (κ3) is 3.88. The van der Waals surface area contributed by atoms with Crippen LogP contribution < -0.4 is 0 Å². The molecule has 1 aliphatic heterocycles. The zero-order valence-electron chi connectivity index (χ0n) is 8.12.